The summed E-state index contributed by atoms with van der Waals surface area (Å²) >= 11 is 0. The lowest BCUT2D eigenvalue weighted by Crippen LogP contribution is -2.36. The number of amides is 1. The van der Waals surface area contributed by atoms with E-state index < -0.39 is 11.7 Å². The Hall–Kier alpha value is -2.87. The van der Waals surface area contributed by atoms with Gasteiger partial charge in [0.25, 0.3) is 5.91 Å². The van der Waals surface area contributed by atoms with E-state index in [-0.39, 0.29) is 25.6 Å². The van der Waals surface area contributed by atoms with Gasteiger partial charge in [-0.05, 0) is 53.9 Å². The van der Waals surface area contributed by atoms with Crippen molar-refractivity contribution in [3.63, 3.8) is 0 Å². The summed E-state index contributed by atoms with van der Waals surface area (Å²) < 4.78 is 56.5. The molecule has 0 spiro atoms. The lowest BCUT2D eigenvalue weighted by molar-refractivity contribution is -0.137. The highest BCUT2D eigenvalue weighted by Crippen LogP contribution is 2.32. The second-order valence-corrected chi connectivity index (χ2v) is 6.74. The van der Waals surface area contributed by atoms with Crippen LogP contribution in [-0.4, -0.2) is 30.5 Å². The number of rotatable bonds is 5. The van der Waals surface area contributed by atoms with Crippen molar-refractivity contribution < 1.29 is 27.1 Å². The quantitative estimate of drug-likeness (QED) is 0.758. The van der Waals surface area contributed by atoms with Crippen LogP contribution in [0.3, 0.4) is 0 Å². The Morgan fingerprint density at radius 2 is 1.86 bits per heavy atom. The van der Waals surface area contributed by atoms with Gasteiger partial charge in [-0.25, -0.2) is 4.39 Å². The molecule has 0 atom stereocenters. The zero-order chi connectivity index (χ0) is 21.0. The molecular formula is C21H20F4N2O2. The van der Waals surface area contributed by atoms with Gasteiger partial charge in [0.1, 0.15) is 12.4 Å². The van der Waals surface area contributed by atoms with Gasteiger partial charge >= 0.3 is 6.18 Å². The molecule has 2 aromatic rings. The average Bonchev–Trinajstić information content (AvgIpc) is 2.73. The van der Waals surface area contributed by atoms with E-state index in [1.54, 1.807) is 29.2 Å². The van der Waals surface area contributed by atoms with E-state index >= 15 is 0 Å². The fraction of sp³-hybridized carbons (Fsp3) is 0.286. The first-order valence-corrected chi connectivity index (χ1v) is 9.01. The smallest absolute Gasteiger partial charge is 0.416 e. The highest BCUT2D eigenvalue weighted by molar-refractivity contribution is 5.94. The van der Waals surface area contributed by atoms with Gasteiger partial charge in [-0.3, -0.25) is 4.79 Å². The number of nitrogens with two attached hydrogens (primary N) is 1. The first-order valence-electron chi connectivity index (χ1n) is 9.01. The zero-order valence-electron chi connectivity index (χ0n) is 15.5. The SMILES string of the molecule is NC/C(=C/F)COc1ccc(C(=O)N2CCc3cc(C(F)(F)F)ccc3C2)cc1. The number of benzene rings is 2. The number of hydrogen-bond acceptors (Lipinski definition) is 3. The van der Waals surface area contributed by atoms with Crippen molar-refractivity contribution >= 4 is 5.91 Å². The van der Waals surface area contributed by atoms with E-state index in [9.17, 15) is 22.4 Å². The molecule has 0 unspecified atom stereocenters. The van der Waals surface area contributed by atoms with Crippen molar-refractivity contribution in [1.82, 2.24) is 4.90 Å². The lowest BCUT2D eigenvalue weighted by Gasteiger charge is -2.29. The van der Waals surface area contributed by atoms with E-state index in [0.717, 1.165) is 12.1 Å². The summed E-state index contributed by atoms with van der Waals surface area (Å²) in [5, 5.41) is 0. The van der Waals surface area contributed by atoms with Crippen LogP contribution < -0.4 is 10.5 Å². The van der Waals surface area contributed by atoms with Crippen molar-refractivity contribution in [2.24, 2.45) is 5.73 Å². The third kappa shape index (κ3) is 4.95. The first kappa shape index (κ1) is 20.9. The fourth-order valence-corrected chi connectivity index (χ4v) is 3.09. The molecule has 0 fully saturated rings. The van der Waals surface area contributed by atoms with E-state index in [4.69, 9.17) is 10.5 Å². The van der Waals surface area contributed by atoms with Crippen LogP contribution in [0.25, 0.3) is 0 Å². The number of carbonyl (C=O) groups excluding carboxylic acids is 1. The van der Waals surface area contributed by atoms with Gasteiger partial charge < -0.3 is 15.4 Å². The Morgan fingerprint density at radius 1 is 1.14 bits per heavy atom. The van der Waals surface area contributed by atoms with Crippen LogP contribution >= 0.6 is 0 Å². The van der Waals surface area contributed by atoms with E-state index in [1.807, 2.05) is 0 Å². The number of alkyl halides is 3. The van der Waals surface area contributed by atoms with Crippen molar-refractivity contribution in [2.75, 3.05) is 19.7 Å². The molecule has 0 radical (unpaired) electrons. The average molecular weight is 408 g/mol. The normalized spacial score (nSPS) is 14.5. The minimum Gasteiger partial charge on any atom is -0.489 e. The van der Waals surface area contributed by atoms with Crippen LogP contribution in [0.15, 0.2) is 54.4 Å². The number of nitrogens with zero attached hydrogens (tertiary/aromatic N) is 1. The Kier molecular flexibility index (Phi) is 6.22. The maximum atomic E-state index is 12.9. The number of carbonyl (C=O) groups is 1. The van der Waals surface area contributed by atoms with E-state index in [2.05, 4.69) is 0 Å². The van der Waals surface area contributed by atoms with Crippen molar-refractivity contribution in [2.45, 2.75) is 19.1 Å². The Balaban J connectivity index is 1.66. The first-order chi connectivity index (χ1) is 13.8. The molecule has 0 bridgehead atoms. The largest absolute Gasteiger partial charge is 0.489 e. The van der Waals surface area contributed by atoms with Crippen molar-refractivity contribution in [3.8, 4) is 5.75 Å². The molecule has 2 aromatic carbocycles. The van der Waals surface area contributed by atoms with Gasteiger partial charge in [0, 0.05) is 30.8 Å². The van der Waals surface area contributed by atoms with Crippen LogP contribution in [0.5, 0.6) is 5.75 Å². The fourth-order valence-electron chi connectivity index (χ4n) is 3.09. The number of fused-ring (bicyclic) bond motifs is 1. The molecule has 8 heteroatoms. The molecule has 1 aliphatic heterocycles. The van der Waals surface area contributed by atoms with Crippen molar-refractivity contribution in [3.05, 3.63) is 76.6 Å². The number of ether oxygens (including phenoxy) is 1. The summed E-state index contributed by atoms with van der Waals surface area (Å²) in [7, 11) is 0. The van der Waals surface area contributed by atoms with Crippen molar-refractivity contribution in [1.29, 1.82) is 0 Å². The molecule has 1 amide bonds. The Morgan fingerprint density at radius 3 is 2.48 bits per heavy atom. The molecular weight excluding hydrogens is 388 g/mol. The maximum Gasteiger partial charge on any atom is 0.416 e. The van der Waals surface area contributed by atoms with Crippen LogP contribution in [0.2, 0.25) is 0 Å². The summed E-state index contributed by atoms with van der Waals surface area (Å²) in [6.45, 7) is 0.662. The highest BCUT2D eigenvalue weighted by atomic mass is 19.4. The Labute approximate surface area is 165 Å². The molecule has 2 N–H and O–H groups in total. The van der Waals surface area contributed by atoms with Gasteiger partial charge in [0.05, 0.1) is 11.9 Å². The molecule has 3 rings (SSSR count). The monoisotopic (exact) mass is 408 g/mol. The lowest BCUT2D eigenvalue weighted by atomic mass is 9.96. The van der Waals surface area contributed by atoms with Crippen LogP contribution in [-0.2, 0) is 19.1 Å². The van der Waals surface area contributed by atoms with Gasteiger partial charge in [-0.1, -0.05) is 6.07 Å². The van der Waals surface area contributed by atoms with Crippen LogP contribution in [0.4, 0.5) is 17.6 Å². The molecule has 0 saturated carbocycles. The second kappa shape index (κ2) is 8.65. The highest BCUT2D eigenvalue weighted by Gasteiger charge is 2.32. The molecule has 4 nitrogen and oxygen atoms in total. The van der Waals surface area contributed by atoms with Gasteiger partial charge in [0.15, 0.2) is 0 Å². The minimum absolute atomic E-state index is 0.0170. The van der Waals surface area contributed by atoms with E-state index in [1.165, 1.54) is 6.07 Å². The molecule has 29 heavy (non-hydrogen) atoms. The zero-order valence-corrected chi connectivity index (χ0v) is 15.5. The maximum absolute atomic E-state index is 12.9. The van der Waals surface area contributed by atoms with Gasteiger partial charge in [-0.2, -0.15) is 13.2 Å². The number of hydrogen-bond donors (Lipinski definition) is 1. The van der Waals surface area contributed by atoms with E-state index in [0.29, 0.717) is 47.3 Å². The molecule has 1 aliphatic rings. The van der Waals surface area contributed by atoms with Crippen LogP contribution in [0.1, 0.15) is 27.0 Å². The Bertz CT molecular complexity index is 908. The second-order valence-electron chi connectivity index (χ2n) is 6.74. The molecule has 0 aliphatic carbocycles. The predicted octanol–water partition coefficient (Wildman–Crippen LogP) is 4.09. The number of halogens is 4. The third-order valence-corrected chi connectivity index (χ3v) is 4.78. The summed E-state index contributed by atoms with van der Waals surface area (Å²) in [5.41, 5.74) is 6.77. The van der Waals surface area contributed by atoms with Crippen LogP contribution in [0, 0.1) is 0 Å². The summed E-state index contributed by atoms with van der Waals surface area (Å²) in [5.74, 6) is 0.256. The summed E-state index contributed by atoms with van der Waals surface area (Å²) in [4.78, 5) is 14.3. The van der Waals surface area contributed by atoms with Gasteiger partial charge in [0.2, 0.25) is 0 Å². The molecule has 0 saturated heterocycles. The molecule has 1 heterocycles. The standard InChI is InChI=1S/C21H20F4N2O2/c22-10-14(11-26)13-29-19-5-2-15(3-6-19)20(28)27-8-7-16-9-18(21(23,24)25)4-1-17(16)12-27/h1-6,9-10H,7-8,11-13,26H2/b14-10-. The topological polar surface area (TPSA) is 55.6 Å². The summed E-state index contributed by atoms with van der Waals surface area (Å²) in [6, 6.07) is 10.0. The minimum atomic E-state index is -4.38. The predicted molar refractivity (Wildman–Crippen MR) is 100 cm³/mol. The summed E-state index contributed by atoms with van der Waals surface area (Å²) in [6.07, 6.45) is -3.61. The molecule has 154 valence electrons. The molecule has 0 aromatic heterocycles. The van der Waals surface area contributed by atoms with Gasteiger partial charge in [-0.15, -0.1) is 0 Å². The third-order valence-electron chi connectivity index (χ3n) is 4.78.